The highest BCUT2D eigenvalue weighted by molar-refractivity contribution is 9.10. The van der Waals surface area contributed by atoms with Crippen molar-refractivity contribution < 1.29 is 9.53 Å². The van der Waals surface area contributed by atoms with E-state index >= 15 is 0 Å². The van der Waals surface area contributed by atoms with E-state index in [0.29, 0.717) is 18.9 Å². The van der Waals surface area contributed by atoms with E-state index in [1.165, 1.54) is 11.8 Å². The quantitative estimate of drug-likeness (QED) is 0.505. The summed E-state index contributed by atoms with van der Waals surface area (Å²) in [6.45, 7) is 4.19. The van der Waals surface area contributed by atoms with Gasteiger partial charge in [-0.25, -0.2) is 4.98 Å². The number of hydrogen-bond acceptors (Lipinski definition) is 4. The van der Waals surface area contributed by atoms with Crippen molar-refractivity contribution in [1.29, 1.82) is 0 Å². The second-order valence-electron chi connectivity index (χ2n) is 5.16. The number of hydrogen-bond donors (Lipinski definition) is 1. The number of halogens is 1. The predicted octanol–water partition coefficient (Wildman–Crippen LogP) is 3.58. The third kappa shape index (κ3) is 5.36. The topological polar surface area (TPSA) is 56.2 Å². The Morgan fingerprint density at radius 2 is 2.12 bits per heavy atom. The van der Waals surface area contributed by atoms with Crippen LogP contribution in [-0.2, 0) is 16.1 Å². The van der Waals surface area contributed by atoms with Gasteiger partial charge in [0.15, 0.2) is 5.16 Å². The molecule has 0 bridgehead atoms. The summed E-state index contributed by atoms with van der Waals surface area (Å²) in [5.41, 5.74) is 2.18. The number of nitrogens with zero attached hydrogens (tertiary/aromatic N) is 2. The van der Waals surface area contributed by atoms with E-state index in [0.717, 1.165) is 33.9 Å². The van der Waals surface area contributed by atoms with Crippen molar-refractivity contribution in [3.63, 3.8) is 0 Å². The maximum Gasteiger partial charge on any atom is 0.230 e. The van der Waals surface area contributed by atoms with Gasteiger partial charge in [-0.3, -0.25) is 4.79 Å². The molecule has 0 unspecified atom stereocenters. The number of ether oxygens (including phenoxy) is 1. The van der Waals surface area contributed by atoms with Gasteiger partial charge in [-0.15, -0.1) is 0 Å². The second kappa shape index (κ2) is 9.86. The molecule has 0 aliphatic carbocycles. The summed E-state index contributed by atoms with van der Waals surface area (Å²) in [6, 6.07) is 8.15. The van der Waals surface area contributed by atoms with Gasteiger partial charge in [-0.05, 0) is 31.0 Å². The van der Waals surface area contributed by atoms with Crippen molar-refractivity contribution >= 4 is 33.6 Å². The van der Waals surface area contributed by atoms with Crippen LogP contribution in [0.3, 0.4) is 0 Å². The fraction of sp³-hybridized carbons (Fsp3) is 0.412. The number of nitrogens with one attached hydrogen (secondary N) is 1. The zero-order chi connectivity index (χ0) is 17.4. The molecule has 1 aromatic carbocycles. The fourth-order valence-corrected chi connectivity index (χ4v) is 3.39. The molecule has 1 aromatic heterocycles. The lowest BCUT2D eigenvalue weighted by Gasteiger charge is -2.09. The largest absolute Gasteiger partial charge is 0.385 e. The lowest BCUT2D eigenvalue weighted by atomic mass is 10.2. The molecule has 1 amide bonds. The van der Waals surface area contributed by atoms with E-state index in [1.807, 2.05) is 18.3 Å². The molecule has 0 fully saturated rings. The van der Waals surface area contributed by atoms with E-state index in [4.69, 9.17) is 4.74 Å². The first kappa shape index (κ1) is 19.0. The Morgan fingerprint density at radius 1 is 1.38 bits per heavy atom. The minimum absolute atomic E-state index is 0.0203. The Morgan fingerprint density at radius 3 is 2.79 bits per heavy atom. The second-order valence-corrected chi connectivity index (χ2v) is 7.02. The van der Waals surface area contributed by atoms with Crippen LogP contribution in [0.2, 0.25) is 0 Å². The van der Waals surface area contributed by atoms with Crippen LogP contribution < -0.4 is 5.32 Å². The van der Waals surface area contributed by atoms with Crippen molar-refractivity contribution in [2.75, 3.05) is 26.0 Å². The van der Waals surface area contributed by atoms with Crippen LogP contribution in [0.4, 0.5) is 0 Å². The van der Waals surface area contributed by atoms with Crippen molar-refractivity contribution in [1.82, 2.24) is 14.9 Å². The first-order valence-electron chi connectivity index (χ1n) is 7.85. The average Bonchev–Trinajstić information content (AvgIpc) is 3.00. The lowest BCUT2D eigenvalue weighted by molar-refractivity contribution is -0.118. The van der Waals surface area contributed by atoms with E-state index < -0.39 is 0 Å². The minimum atomic E-state index is 0.0203. The van der Waals surface area contributed by atoms with Crippen LogP contribution in [0.25, 0.3) is 11.3 Å². The van der Waals surface area contributed by atoms with Gasteiger partial charge in [-0.2, -0.15) is 0 Å². The number of amides is 1. The molecule has 130 valence electrons. The van der Waals surface area contributed by atoms with Crippen LogP contribution in [-0.4, -0.2) is 41.5 Å². The van der Waals surface area contributed by atoms with Crippen LogP contribution in [0.5, 0.6) is 0 Å². The summed E-state index contributed by atoms with van der Waals surface area (Å²) in [5, 5.41) is 3.75. The zero-order valence-electron chi connectivity index (χ0n) is 13.9. The van der Waals surface area contributed by atoms with Crippen LogP contribution in [0, 0.1) is 0 Å². The summed E-state index contributed by atoms with van der Waals surface area (Å²) < 4.78 is 8.14. The molecule has 5 nitrogen and oxygen atoms in total. The average molecular weight is 412 g/mol. The highest BCUT2D eigenvalue weighted by Gasteiger charge is 2.12. The number of imidazole rings is 1. The van der Waals surface area contributed by atoms with Gasteiger partial charge in [0.2, 0.25) is 5.91 Å². The van der Waals surface area contributed by atoms with Crippen molar-refractivity contribution in [2.45, 2.75) is 25.0 Å². The van der Waals surface area contributed by atoms with Gasteiger partial charge in [0.1, 0.15) is 0 Å². The molecule has 1 heterocycles. The molecule has 0 saturated heterocycles. The summed E-state index contributed by atoms with van der Waals surface area (Å²) in [4.78, 5) is 16.4. The molecule has 0 radical (unpaired) electrons. The zero-order valence-corrected chi connectivity index (χ0v) is 16.3. The molecule has 24 heavy (non-hydrogen) atoms. The summed E-state index contributed by atoms with van der Waals surface area (Å²) in [5.74, 6) is 0.385. The summed E-state index contributed by atoms with van der Waals surface area (Å²) in [6.07, 6.45) is 2.69. The highest BCUT2D eigenvalue weighted by Crippen LogP contribution is 2.27. The minimum Gasteiger partial charge on any atom is -0.385 e. The van der Waals surface area contributed by atoms with E-state index in [9.17, 15) is 4.79 Å². The number of carbonyl (C=O) groups excluding carboxylic acids is 1. The maximum atomic E-state index is 11.9. The van der Waals surface area contributed by atoms with Gasteiger partial charge < -0.3 is 14.6 Å². The molecule has 1 N–H and O–H groups in total. The number of carbonyl (C=O) groups is 1. The van der Waals surface area contributed by atoms with Gasteiger partial charge in [0, 0.05) is 31.3 Å². The number of thioether (sulfide) groups is 1. The van der Waals surface area contributed by atoms with Gasteiger partial charge in [0.25, 0.3) is 0 Å². The van der Waals surface area contributed by atoms with Crippen LogP contribution in [0.1, 0.15) is 13.3 Å². The maximum absolute atomic E-state index is 11.9. The molecule has 7 heteroatoms. The first-order valence-corrected chi connectivity index (χ1v) is 9.63. The standard InChI is InChI=1S/C17H22BrN3O2S/c1-3-21-15(13-5-7-14(18)8-6-13)11-20-17(21)24-12-16(22)19-9-4-10-23-2/h5-8,11H,3-4,9-10,12H2,1-2H3,(H,19,22). The van der Waals surface area contributed by atoms with Gasteiger partial charge in [0.05, 0.1) is 17.6 Å². The smallest absolute Gasteiger partial charge is 0.230 e. The summed E-state index contributed by atoms with van der Waals surface area (Å²) >= 11 is 4.91. The van der Waals surface area contributed by atoms with Crippen molar-refractivity contribution in [2.24, 2.45) is 0 Å². The van der Waals surface area contributed by atoms with E-state index in [2.05, 4.69) is 49.9 Å². The molecular formula is C17H22BrN3O2S. The number of aromatic nitrogens is 2. The van der Waals surface area contributed by atoms with E-state index in [-0.39, 0.29) is 5.91 Å². The van der Waals surface area contributed by atoms with Gasteiger partial charge >= 0.3 is 0 Å². The fourth-order valence-electron chi connectivity index (χ4n) is 2.26. The summed E-state index contributed by atoms with van der Waals surface area (Å²) in [7, 11) is 1.66. The molecule has 0 saturated carbocycles. The molecule has 2 aromatic rings. The Hall–Kier alpha value is -1.31. The number of rotatable bonds is 9. The third-order valence-electron chi connectivity index (χ3n) is 3.45. The molecule has 0 aliphatic heterocycles. The Kier molecular flexibility index (Phi) is 7.81. The van der Waals surface area contributed by atoms with Crippen LogP contribution in [0.15, 0.2) is 40.1 Å². The van der Waals surface area contributed by atoms with Crippen molar-refractivity contribution in [3.05, 3.63) is 34.9 Å². The predicted molar refractivity (Wildman–Crippen MR) is 101 cm³/mol. The molecular weight excluding hydrogens is 390 g/mol. The molecule has 0 atom stereocenters. The monoisotopic (exact) mass is 411 g/mol. The lowest BCUT2D eigenvalue weighted by Crippen LogP contribution is -2.27. The first-order chi connectivity index (χ1) is 11.7. The Labute approximate surface area is 155 Å². The SMILES string of the molecule is CCn1c(-c2ccc(Br)cc2)cnc1SCC(=O)NCCCOC. The molecule has 0 spiro atoms. The van der Waals surface area contributed by atoms with Crippen molar-refractivity contribution in [3.8, 4) is 11.3 Å². The van der Waals surface area contributed by atoms with Crippen LogP contribution >= 0.6 is 27.7 Å². The van der Waals surface area contributed by atoms with E-state index in [1.54, 1.807) is 7.11 Å². The number of benzene rings is 1. The highest BCUT2D eigenvalue weighted by atomic mass is 79.9. The molecule has 0 aliphatic rings. The Bertz CT molecular complexity index is 658. The number of methoxy groups -OCH3 is 1. The normalized spacial score (nSPS) is 10.8. The Balaban J connectivity index is 1.96. The third-order valence-corrected chi connectivity index (χ3v) is 4.97. The molecule has 2 rings (SSSR count). The van der Waals surface area contributed by atoms with Gasteiger partial charge in [-0.1, -0.05) is 39.8 Å².